The van der Waals surface area contributed by atoms with Crippen LogP contribution in [0.25, 0.3) is 11.1 Å². The summed E-state index contributed by atoms with van der Waals surface area (Å²) in [6.45, 7) is 1.67. The number of aryl methyl sites for hydroxylation is 2. The van der Waals surface area contributed by atoms with Crippen molar-refractivity contribution < 1.29 is 96.8 Å². The van der Waals surface area contributed by atoms with Crippen molar-refractivity contribution in [1.29, 1.82) is 0 Å². The van der Waals surface area contributed by atoms with E-state index in [0.29, 0.717) is 11.1 Å². The van der Waals surface area contributed by atoms with E-state index in [-0.39, 0.29) is 70.2 Å². The number of carbonyl (C=O) groups excluding carboxylic acids is 2. The van der Waals surface area contributed by atoms with Crippen LogP contribution in [0.5, 0.6) is 11.5 Å². The van der Waals surface area contributed by atoms with Crippen molar-refractivity contribution in [1.82, 2.24) is 9.88 Å². The Morgan fingerprint density at radius 2 is 1.74 bits per heavy atom. The van der Waals surface area contributed by atoms with E-state index in [1.807, 2.05) is 0 Å². The molecule has 2 amide bonds. The predicted molar refractivity (Wildman–Crippen MR) is 119 cm³/mol. The van der Waals surface area contributed by atoms with Gasteiger partial charge >= 0.3 is 71.5 Å². The zero-order valence-corrected chi connectivity index (χ0v) is 25.0. The molecule has 0 aliphatic rings. The summed E-state index contributed by atoms with van der Waals surface area (Å²) in [4.78, 5) is 36.1. The maximum absolute atomic E-state index is 13.0. The van der Waals surface area contributed by atoms with Gasteiger partial charge in [0.15, 0.2) is 0 Å². The molecule has 0 radical (unpaired) electrons. The second-order valence-electron chi connectivity index (χ2n) is 7.82. The number of alkyl halides is 3. The van der Waals surface area contributed by atoms with E-state index >= 15 is 0 Å². The van der Waals surface area contributed by atoms with Crippen LogP contribution in [-0.4, -0.2) is 22.9 Å². The SMILES string of the molecule is Cc1ccccc1-c1cc([C@H](CC(=O)[O-])NC(=O)Nc2c([O-])ccn(C)c2=O)ccc1OC(F)(F)F.[Na+].[Na+]. The van der Waals surface area contributed by atoms with Crippen LogP contribution < -0.4 is 90.3 Å². The molecular formula is C24H20F3N3Na2O6. The first kappa shape index (κ1) is 33.5. The number of aliphatic carboxylic acids is 1. The maximum atomic E-state index is 13.0. The van der Waals surface area contributed by atoms with Crippen molar-refractivity contribution in [2.45, 2.75) is 25.7 Å². The Labute approximate surface area is 259 Å². The number of halogens is 3. The molecule has 1 atom stereocenters. The van der Waals surface area contributed by atoms with Crippen LogP contribution in [0.3, 0.4) is 0 Å². The fourth-order valence-electron chi connectivity index (χ4n) is 3.52. The van der Waals surface area contributed by atoms with E-state index in [1.165, 1.54) is 19.3 Å². The first-order chi connectivity index (χ1) is 16.9. The summed E-state index contributed by atoms with van der Waals surface area (Å²) in [5, 5.41) is 27.8. The molecule has 2 aromatic carbocycles. The van der Waals surface area contributed by atoms with Crippen molar-refractivity contribution in [3.63, 3.8) is 0 Å². The Morgan fingerprint density at radius 1 is 1.08 bits per heavy atom. The Morgan fingerprint density at radius 3 is 2.34 bits per heavy atom. The number of benzene rings is 2. The average molecular weight is 549 g/mol. The van der Waals surface area contributed by atoms with Gasteiger partial charge in [-0.2, -0.15) is 0 Å². The molecule has 1 aromatic heterocycles. The summed E-state index contributed by atoms with van der Waals surface area (Å²) in [6.07, 6.45) is -4.53. The number of rotatable bonds is 7. The van der Waals surface area contributed by atoms with Crippen LogP contribution in [0.4, 0.5) is 23.7 Å². The predicted octanol–water partition coefficient (Wildman–Crippen LogP) is -3.66. The third-order valence-corrected chi connectivity index (χ3v) is 5.21. The molecule has 0 unspecified atom stereocenters. The molecule has 3 aromatic rings. The molecule has 0 bridgehead atoms. The van der Waals surface area contributed by atoms with Crippen molar-refractivity contribution in [3.8, 4) is 22.6 Å². The van der Waals surface area contributed by atoms with E-state index in [1.54, 1.807) is 31.2 Å². The molecule has 0 saturated carbocycles. The van der Waals surface area contributed by atoms with E-state index in [2.05, 4.69) is 15.4 Å². The number of pyridine rings is 1. The molecule has 0 aliphatic carbocycles. The molecule has 190 valence electrons. The number of hydrogen-bond donors (Lipinski definition) is 2. The number of nitrogens with one attached hydrogen (secondary N) is 2. The smallest absolute Gasteiger partial charge is 0.871 e. The fourth-order valence-corrected chi connectivity index (χ4v) is 3.52. The van der Waals surface area contributed by atoms with Crippen LogP contribution in [0.2, 0.25) is 0 Å². The van der Waals surface area contributed by atoms with Gasteiger partial charge in [-0.1, -0.05) is 42.1 Å². The van der Waals surface area contributed by atoms with Gasteiger partial charge in [0.2, 0.25) is 0 Å². The van der Waals surface area contributed by atoms with Gasteiger partial charge in [-0.05, 0) is 35.7 Å². The number of nitrogens with zero attached hydrogens (tertiary/aromatic N) is 1. The zero-order chi connectivity index (χ0) is 26.6. The molecule has 2 N–H and O–H groups in total. The summed E-state index contributed by atoms with van der Waals surface area (Å²) in [5.41, 5.74) is -0.215. The third kappa shape index (κ3) is 8.79. The van der Waals surface area contributed by atoms with E-state index in [9.17, 15) is 37.8 Å². The number of aromatic nitrogens is 1. The minimum absolute atomic E-state index is 0. The number of carboxylic acid groups (broad SMARTS) is 1. The summed E-state index contributed by atoms with van der Waals surface area (Å²) < 4.78 is 44.3. The van der Waals surface area contributed by atoms with Crippen LogP contribution in [0.15, 0.2) is 59.5 Å². The second kappa shape index (κ2) is 14.1. The average Bonchev–Trinajstić information content (AvgIpc) is 2.78. The quantitative estimate of drug-likeness (QED) is 0.292. The summed E-state index contributed by atoms with van der Waals surface area (Å²) in [7, 11) is 1.36. The molecular weight excluding hydrogens is 529 g/mol. The van der Waals surface area contributed by atoms with Gasteiger partial charge < -0.3 is 34.9 Å². The van der Waals surface area contributed by atoms with Crippen molar-refractivity contribution in [2.75, 3.05) is 5.32 Å². The molecule has 3 rings (SSSR count). The second-order valence-corrected chi connectivity index (χ2v) is 7.82. The first-order valence-electron chi connectivity index (χ1n) is 10.5. The molecule has 0 aliphatic heterocycles. The van der Waals surface area contributed by atoms with Gasteiger partial charge in [-0.15, -0.1) is 13.2 Å². The fraction of sp³-hybridized carbons (Fsp3) is 0.208. The molecule has 14 heteroatoms. The largest absolute Gasteiger partial charge is 1.00 e. The Balaban J connectivity index is 0.00000361. The normalized spacial score (nSPS) is 11.4. The Kier molecular flexibility index (Phi) is 12.4. The molecule has 0 spiro atoms. The number of amides is 2. The minimum atomic E-state index is -4.99. The Bertz CT molecular complexity index is 1360. The third-order valence-electron chi connectivity index (χ3n) is 5.21. The number of anilines is 1. The van der Waals surface area contributed by atoms with Crippen molar-refractivity contribution in [3.05, 3.63) is 76.2 Å². The van der Waals surface area contributed by atoms with Gasteiger partial charge in [0.1, 0.15) is 11.4 Å². The van der Waals surface area contributed by atoms with Crippen LogP contribution >= 0.6 is 0 Å². The minimum Gasteiger partial charge on any atom is -0.871 e. The summed E-state index contributed by atoms with van der Waals surface area (Å²) in [6, 6.07) is 8.66. The standard InChI is InChI=1S/C24H22F3N3O6.2Na/c1-13-5-3-4-6-15(13)16-11-14(7-8-19(16)36-24(25,26)27)17(12-20(32)33)28-23(35)29-21-18(31)9-10-30(2)22(21)34;;/h3-11,17,31H,12H2,1-2H3,(H,32,33)(H2,28,29,35);;/q;2*+1/p-2/t17-;;/m0../s1. The molecule has 9 nitrogen and oxygen atoms in total. The Hall–Kier alpha value is -2.48. The number of ether oxygens (including phenoxy) is 1. The van der Waals surface area contributed by atoms with E-state index in [4.69, 9.17) is 0 Å². The van der Waals surface area contributed by atoms with Crippen LogP contribution in [0.1, 0.15) is 23.6 Å². The molecule has 38 heavy (non-hydrogen) atoms. The van der Waals surface area contributed by atoms with Crippen molar-refractivity contribution in [2.24, 2.45) is 7.05 Å². The van der Waals surface area contributed by atoms with Crippen LogP contribution in [-0.2, 0) is 11.8 Å². The van der Waals surface area contributed by atoms with E-state index in [0.717, 1.165) is 22.8 Å². The topological polar surface area (TPSA) is 136 Å². The number of hydrogen-bond acceptors (Lipinski definition) is 6. The zero-order valence-electron chi connectivity index (χ0n) is 21.0. The van der Waals surface area contributed by atoms with Gasteiger partial charge in [0, 0.05) is 31.2 Å². The molecule has 0 fully saturated rings. The van der Waals surface area contributed by atoms with Gasteiger partial charge in [-0.25, -0.2) is 4.79 Å². The first-order valence-corrected chi connectivity index (χ1v) is 10.5. The number of urea groups is 1. The maximum Gasteiger partial charge on any atom is 1.00 e. The van der Waals surface area contributed by atoms with Crippen LogP contribution in [0, 0.1) is 6.92 Å². The van der Waals surface area contributed by atoms with Gasteiger partial charge in [0.05, 0.1) is 6.04 Å². The van der Waals surface area contributed by atoms with Gasteiger partial charge in [-0.3, -0.25) is 4.79 Å². The van der Waals surface area contributed by atoms with Gasteiger partial charge in [0.25, 0.3) is 5.56 Å². The van der Waals surface area contributed by atoms with Crippen molar-refractivity contribution >= 4 is 17.7 Å². The number of carbonyl (C=O) groups is 2. The molecule has 1 heterocycles. The summed E-state index contributed by atoms with van der Waals surface area (Å²) in [5.74, 6) is -2.85. The summed E-state index contributed by atoms with van der Waals surface area (Å²) >= 11 is 0. The monoisotopic (exact) mass is 549 g/mol. The number of carboxylic acids is 1. The molecule has 0 saturated heterocycles. The van der Waals surface area contributed by atoms with E-state index < -0.39 is 53.6 Å².